The van der Waals surface area contributed by atoms with Crippen molar-refractivity contribution in [1.82, 2.24) is 0 Å². The van der Waals surface area contributed by atoms with Crippen LogP contribution >= 0.6 is 0 Å². The van der Waals surface area contributed by atoms with Crippen LogP contribution in [-0.2, 0) is 19.2 Å². The standard InChI is InChI=1S/C10H16O2.C8H12O2/c1-7(2)9(12)6-10(4,5)8(3)11;1-5(7(3)9)6(2)8(4)10/h1,6H2,2-5H3;1-4H3/b;6-5-. The molecule has 0 unspecified atom stereocenters. The van der Waals surface area contributed by atoms with Gasteiger partial charge in [0.25, 0.3) is 0 Å². The minimum absolute atomic E-state index is 0.0322. The first-order chi connectivity index (χ1) is 9.73. The fourth-order valence-corrected chi connectivity index (χ4v) is 1.20. The normalized spacial score (nSPS) is 11.6. The van der Waals surface area contributed by atoms with E-state index in [1.807, 2.05) is 0 Å². The Morgan fingerprint density at radius 2 is 1.09 bits per heavy atom. The molecule has 0 aliphatic heterocycles. The van der Waals surface area contributed by atoms with E-state index >= 15 is 0 Å². The molecule has 0 aliphatic rings. The number of rotatable bonds is 6. The van der Waals surface area contributed by atoms with Crippen LogP contribution in [0.5, 0.6) is 0 Å². The SMILES string of the molecule is C=C(C)C(=O)CC(C)(C)C(C)=O.CC(=O)/C(C)=C(/C)C(C)=O. The molecule has 0 aliphatic carbocycles. The molecule has 0 saturated heterocycles. The van der Waals surface area contributed by atoms with Crippen LogP contribution in [0.2, 0.25) is 0 Å². The number of Topliss-reactive ketones (excluding diaryl/α,β-unsaturated/α-hetero) is 4. The Hall–Kier alpha value is -1.84. The second-order valence-corrected chi connectivity index (χ2v) is 6.18. The Bertz CT molecular complexity index is 497. The maximum absolute atomic E-state index is 11.2. The number of carbonyl (C=O) groups excluding carboxylic acids is 4. The Labute approximate surface area is 133 Å². The molecule has 0 bridgehead atoms. The lowest BCUT2D eigenvalue weighted by Crippen LogP contribution is -2.25. The highest BCUT2D eigenvalue weighted by Gasteiger charge is 2.26. The zero-order valence-electron chi connectivity index (χ0n) is 15.0. The quantitative estimate of drug-likeness (QED) is 0.702. The molecule has 0 N–H and O–H groups in total. The fraction of sp³-hybridized carbons (Fsp3) is 0.556. The van der Waals surface area contributed by atoms with E-state index in [0.717, 1.165) is 0 Å². The smallest absolute Gasteiger partial charge is 0.158 e. The first-order valence-electron chi connectivity index (χ1n) is 7.13. The van der Waals surface area contributed by atoms with Crippen molar-refractivity contribution in [3.63, 3.8) is 0 Å². The molecule has 0 amide bonds. The topological polar surface area (TPSA) is 68.3 Å². The van der Waals surface area contributed by atoms with Gasteiger partial charge in [0.05, 0.1) is 0 Å². The van der Waals surface area contributed by atoms with E-state index in [4.69, 9.17) is 0 Å². The molecule has 22 heavy (non-hydrogen) atoms. The van der Waals surface area contributed by atoms with Crippen LogP contribution in [0.4, 0.5) is 0 Å². The molecule has 0 rings (SSSR count). The van der Waals surface area contributed by atoms with Gasteiger partial charge in [0, 0.05) is 11.8 Å². The zero-order valence-corrected chi connectivity index (χ0v) is 15.0. The Balaban J connectivity index is 0. The summed E-state index contributed by atoms with van der Waals surface area (Å²) in [6, 6.07) is 0. The predicted molar refractivity (Wildman–Crippen MR) is 88.6 cm³/mol. The van der Waals surface area contributed by atoms with Crippen molar-refractivity contribution in [2.75, 3.05) is 0 Å². The summed E-state index contributed by atoms with van der Waals surface area (Å²) in [6.07, 6.45) is 0.262. The van der Waals surface area contributed by atoms with Crippen molar-refractivity contribution < 1.29 is 19.2 Å². The number of hydrogen-bond donors (Lipinski definition) is 0. The molecule has 0 fully saturated rings. The molecule has 0 aromatic heterocycles. The summed E-state index contributed by atoms with van der Waals surface area (Å²) in [7, 11) is 0. The largest absolute Gasteiger partial charge is 0.299 e. The summed E-state index contributed by atoms with van der Waals surface area (Å²) in [4.78, 5) is 43.6. The molecule has 124 valence electrons. The van der Waals surface area contributed by atoms with E-state index in [1.165, 1.54) is 20.8 Å². The molecule has 0 aromatic carbocycles. The highest BCUT2D eigenvalue weighted by Crippen LogP contribution is 2.22. The number of allylic oxidation sites excluding steroid dienone is 3. The molecule has 0 radical (unpaired) electrons. The van der Waals surface area contributed by atoms with Crippen LogP contribution in [0.25, 0.3) is 0 Å². The van der Waals surface area contributed by atoms with Gasteiger partial charge < -0.3 is 0 Å². The molecule has 0 aromatic rings. The average Bonchev–Trinajstić information content (AvgIpc) is 2.36. The first-order valence-corrected chi connectivity index (χ1v) is 7.13. The van der Waals surface area contributed by atoms with Crippen molar-refractivity contribution in [3.8, 4) is 0 Å². The maximum Gasteiger partial charge on any atom is 0.158 e. The van der Waals surface area contributed by atoms with E-state index in [2.05, 4.69) is 6.58 Å². The third kappa shape index (κ3) is 8.45. The molecule has 0 atom stereocenters. The Kier molecular flexibility index (Phi) is 9.42. The van der Waals surface area contributed by atoms with E-state index in [0.29, 0.717) is 16.7 Å². The Morgan fingerprint density at radius 3 is 1.27 bits per heavy atom. The lowest BCUT2D eigenvalue weighted by Gasteiger charge is -2.19. The third-order valence-electron chi connectivity index (χ3n) is 3.65. The van der Waals surface area contributed by atoms with Crippen LogP contribution in [0.3, 0.4) is 0 Å². The fourth-order valence-electron chi connectivity index (χ4n) is 1.20. The van der Waals surface area contributed by atoms with Gasteiger partial charge in [0.2, 0.25) is 0 Å². The molecule has 4 nitrogen and oxygen atoms in total. The van der Waals surface area contributed by atoms with Gasteiger partial charge in [0.1, 0.15) is 5.78 Å². The molecular weight excluding hydrogens is 280 g/mol. The highest BCUT2D eigenvalue weighted by molar-refractivity contribution is 6.03. The van der Waals surface area contributed by atoms with E-state index in [1.54, 1.807) is 34.6 Å². The zero-order chi connectivity index (χ0) is 18.2. The number of carbonyl (C=O) groups is 4. The van der Waals surface area contributed by atoms with Gasteiger partial charge >= 0.3 is 0 Å². The summed E-state index contributed by atoms with van der Waals surface area (Å²) in [5.41, 5.74) is 1.10. The van der Waals surface area contributed by atoms with Crippen molar-refractivity contribution in [1.29, 1.82) is 0 Å². The lowest BCUT2D eigenvalue weighted by atomic mass is 9.82. The van der Waals surface area contributed by atoms with Gasteiger partial charge in [0.15, 0.2) is 17.3 Å². The molecule has 0 spiro atoms. The molecule has 0 heterocycles. The monoisotopic (exact) mass is 308 g/mol. The molecular formula is C18H28O4. The summed E-state index contributed by atoms with van der Waals surface area (Å²) in [5.74, 6) is -0.0623. The average molecular weight is 308 g/mol. The van der Waals surface area contributed by atoms with Crippen LogP contribution in [0, 0.1) is 5.41 Å². The van der Waals surface area contributed by atoms with Crippen molar-refractivity contribution >= 4 is 23.1 Å². The van der Waals surface area contributed by atoms with Crippen molar-refractivity contribution in [2.45, 2.75) is 61.8 Å². The van der Waals surface area contributed by atoms with Gasteiger partial charge in [-0.1, -0.05) is 20.4 Å². The third-order valence-corrected chi connectivity index (χ3v) is 3.65. The first kappa shape index (κ1) is 22.4. The maximum atomic E-state index is 11.2. The molecule has 4 heteroatoms. The summed E-state index contributed by atoms with van der Waals surface area (Å²) in [5, 5.41) is 0. The van der Waals surface area contributed by atoms with Gasteiger partial charge in [-0.2, -0.15) is 0 Å². The van der Waals surface area contributed by atoms with E-state index in [9.17, 15) is 19.2 Å². The number of hydrogen-bond acceptors (Lipinski definition) is 4. The van der Waals surface area contributed by atoms with Crippen LogP contribution in [-0.4, -0.2) is 23.1 Å². The van der Waals surface area contributed by atoms with Crippen molar-refractivity contribution in [3.05, 3.63) is 23.3 Å². The van der Waals surface area contributed by atoms with Gasteiger partial charge in [-0.25, -0.2) is 0 Å². The minimum Gasteiger partial charge on any atom is -0.299 e. The highest BCUT2D eigenvalue weighted by atomic mass is 16.1. The second-order valence-electron chi connectivity index (χ2n) is 6.18. The van der Waals surface area contributed by atoms with Gasteiger partial charge in [-0.3, -0.25) is 19.2 Å². The second kappa shape index (κ2) is 9.23. The van der Waals surface area contributed by atoms with Gasteiger partial charge in [-0.05, 0) is 58.3 Å². The molecule has 0 saturated carbocycles. The summed E-state index contributed by atoms with van der Waals surface area (Å²) >= 11 is 0. The van der Waals surface area contributed by atoms with E-state index < -0.39 is 5.41 Å². The van der Waals surface area contributed by atoms with Crippen molar-refractivity contribution in [2.24, 2.45) is 5.41 Å². The van der Waals surface area contributed by atoms with Crippen LogP contribution in [0.1, 0.15) is 61.8 Å². The van der Waals surface area contributed by atoms with Crippen LogP contribution < -0.4 is 0 Å². The summed E-state index contributed by atoms with van der Waals surface area (Å²) in [6.45, 7) is 16.5. The predicted octanol–water partition coefficient (Wildman–Crippen LogP) is 3.64. The van der Waals surface area contributed by atoms with Crippen LogP contribution in [0.15, 0.2) is 23.3 Å². The van der Waals surface area contributed by atoms with Gasteiger partial charge in [-0.15, -0.1) is 0 Å². The Morgan fingerprint density at radius 1 is 0.773 bits per heavy atom. The number of ketones is 4. The lowest BCUT2D eigenvalue weighted by molar-refractivity contribution is -0.129. The minimum atomic E-state index is -0.546. The summed E-state index contributed by atoms with van der Waals surface area (Å²) < 4.78 is 0. The van der Waals surface area contributed by atoms with E-state index in [-0.39, 0.29) is 29.6 Å².